The van der Waals surface area contributed by atoms with Gasteiger partial charge in [-0.05, 0) is 24.6 Å². The van der Waals surface area contributed by atoms with Crippen LogP contribution in [0.25, 0.3) is 0 Å². The summed E-state index contributed by atoms with van der Waals surface area (Å²) in [5, 5.41) is 3.52. The Morgan fingerprint density at radius 3 is 2.71 bits per heavy atom. The zero-order valence-electron chi connectivity index (χ0n) is 10.6. The molecule has 0 unspecified atom stereocenters. The second kappa shape index (κ2) is 6.62. The first-order valence-corrected chi connectivity index (χ1v) is 6.22. The van der Waals surface area contributed by atoms with Gasteiger partial charge in [0.05, 0.1) is 20.6 Å². The first kappa shape index (κ1) is 14.0. The third-order valence-electron chi connectivity index (χ3n) is 2.57. The van der Waals surface area contributed by atoms with Gasteiger partial charge in [-0.2, -0.15) is 0 Å². The number of amides is 1. The summed E-state index contributed by atoms with van der Waals surface area (Å²) in [6.07, 6.45) is 0.980. The number of halogens is 1. The molecule has 0 aliphatic rings. The van der Waals surface area contributed by atoms with Crippen LogP contribution in [0.1, 0.15) is 22.3 Å². The SMILES string of the molecule is Cc1ccc(C(=O)NCCC[NH+](C)C)cc1Cl. The van der Waals surface area contributed by atoms with Gasteiger partial charge in [0.2, 0.25) is 0 Å². The number of quaternary nitrogens is 1. The number of nitrogens with one attached hydrogen (secondary N) is 2. The summed E-state index contributed by atoms with van der Waals surface area (Å²) >= 11 is 5.98. The maximum Gasteiger partial charge on any atom is 0.251 e. The molecule has 0 spiro atoms. The van der Waals surface area contributed by atoms with Gasteiger partial charge >= 0.3 is 0 Å². The molecule has 2 N–H and O–H groups in total. The lowest BCUT2D eigenvalue weighted by molar-refractivity contribution is -0.858. The van der Waals surface area contributed by atoms with Crippen LogP contribution < -0.4 is 10.2 Å². The molecule has 0 fully saturated rings. The molecule has 1 aromatic carbocycles. The molecule has 0 saturated carbocycles. The molecule has 0 aromatic heterocycles. The van der Waals surface area contributed by atoms with E-state index in [0.29, 0.717) is 17.1 Å². The summed E-state index contributed by atoms with van der Waals surface area (Å²) in [4.78, 5) is 13.2. The van der Waals surface area contributed by atoms with Crippen LogP contribution in [0, 0.1) is 6.92 Å². The van der Waals surface area contributed by atoms with Crippen molar-refractivity contribution in [3.8, 4) is 0 Å². The Bertz CT molecular complexity index is 391. The first-order valence-electron chi connectivity index (χ1n) is 5.84. The van der Waals surface area contributed by atoms with E-state index in [4.69, 9.17) is 11.6 Å². The van der Waals surface area contributed by atoms with E-state index < -0.39 is 0 Å². The molecule has 3 nitrogen and oxygen atoms in total. The third kappa shape index (κ3) is 4.75. The van der Waals surface area contributed by atoms with Crippen molar-refractivity contribution in [2.75, 3.05) is 27.2 Å². The molecule has 0 radical (unpaired) electrons. The monoisotopic (exact) mass is 255 g/mol. The number of carbonyl (C=O) groups excluding carboxylic acids is 1. The lowest BCUT2D eigenvalue weighted by Gasteiger charge is -2.08. The highest BCUT2D eigenvalue weighted by Gasteiger charge is 2.06. The smallest absolute Gasteiger partial charge is 0.251 e. The third-order valence-corrected chi connectivity index (χ3v) is 2.98. The molecular weight excluding hydrogens is 236 g/mol. The second-order valence-corrected chi connectivity index (χ2v) is 4.94. The highest BCUT2D eigenvalue weighted by Crippen LogP contribution is 2.16. The molecule has 0 heterocycles. The van der Waals surface area contributed by atoms with Crippen molar-refractivity contribution in [3.63, 3.8) is 0 Å². The van der Waals surface area contributed by atoms with E-state index in [0.717, 1.165) is 18.5 Å². The molecular formula is C13H20ClN2O+. The quantitative estimate of drug-likeness (QED) is 0.754. The number of aryl methyl sites for hydroxylation is 1. The Balaban J connectivity index is 2.44. The van der Waals surface area contributed by atoms with E-state index in [1.807, 2.05) is 13.0 Å². The average Bonchev–Trinajstić information content (AvgIpc) is 2.27. The molecule has 0 atom stereocenters. The number of carbonyl (C=O) groups is 1. The van der Waals surface area contributed by atoms with Crippen LogP contribution in [0.3, 0.4) is 0 Å². The van der Waals surface area contributed by atoms with Crippen molar-refractivity contribution in [1.82, 2.24) is 5.32 Å². The van der Waals surface area contributed by atoms with Gasteiger partial charge in [-0.15, -0.1) is 0 Å². The molecule has 0 saturated heterocycles. The molecule has 1 rings (SSSR count). The van der Waals surface area contributed by atoms with E-state index in [9.17, 15) is 4.79 Å². The maximum atomic E-state index is 11.8. The molecule has 94 valence electrons. The Hall–Kier alpha value is -1.06. The van der Waals surface area contributed by atoms with E-state index in [1.54, 1.807) is 12.1 Å². The van der Waals surface area contributed by atoms with Crippen molar-refractivity contribution in [2.24, 2.45) is 0 Å². The van der Waals surface area contributed by atoms with Crippen LogP contribution in [-0.2, 0) is 0 Å². The largest absolute Gasteiger partial charge is 0.352 e. The number of hydrogen-bond acceptors (Lipinski definition) is 1. The molecule has 4 heteroatoms. The zero-order chi connectivity index (χ0) is 12.8. The zero-order valence-corrected chi connectivity index (χ0v) is 11.4. The van der Waals surface area contributed by atoms with E-state index in [1.165, 1.54) is 4.90 Å². The van der Waals surface area contributed by atoms with Crippen molar-refractivity contribution in [2.45, 2.75) is 13.3 Å². The van der Waals surface area contributed by atoms with Gasteiger partial charge in [0.15, 0.2) is 0 Å². The lowest BCUT2D eigenvalue weighted by atomic mass is 10.1. The average molecular weight is 256 g/mol. The summed E-state index contributed by atoms with van der Waals surface area (Å²) in [6, 6.07) is 5.37. The van der Waals surface area contributed by atoms with Gasteiger partial charge in [0.25, 0.3) is 5.91 Å². The Morgan fingerprint density at radius 1 is 1.41 bits per heavy atom. The standard InChI is InChI=1S/C13H19ClN2O/c1-10-5-6-11(9-12(10)14)13(17)15-7-4-8-16(2)3/h5-6,9H,4,7-8H2,1-3H3,(H,15,17)/p+1. The fourth-order valence-corrected chi connectivity index (χ4v) is 1.66. The van der Waals surface area contributed by atoms with Gasteiger partial charge in [0, 0.05) is 23.6 Å². The van der Waals surface area contributed by atoms with Crippen LogP contribution in [0.15, 0.2) is 18.2 Å². The lowest BCUT2D eigenvalue weighted by Crippen LogP contribution is -3.05. The van der Waals surface area contributed by atoms with Crippen LogP contribution in [0.2, 0.25) is 5.02 Å². The fourth-order valence-electron chi connectivity index (χ4n) is 1.48. The summed E-state index contributed by atoms with van der Waals surface area (Å²) in [7, 11) is 4.20. The Kier molecular flexibility index (Phi) is 5.45. The number of hydrogen-bond donors (Lipinski definition) is 2. The summed E-state index contributed by atoms with van der Waals surface area (Å²) in [5.74, 6) is -0.0549. The summed E-state index contributed by atoms with van der Waals surface area (Å²) in [6.45, 7) is 3.67. The number of rotatable bonds is 5. The molecule has 17 heavy (non-hydrogen) atoms. The topological polar surface area (TPSA) is 33.5 Å². The van der Waals surface area contributed by atoms with Gasteiger partial charge in [-0.1, -0.05) is 17.7 Å². The molecule has 0 aliphatic carbocycles. The van der Waals surface area contributed by atoms with E-state index in [2.05, 4.69) is 19.4 Å². The minimum absolute atomic E-state index is 0.0549. The van der Waals surface area contributed by atoms with Crippen molar-refractivity contribution >= 4 is 17.5 Å². The van der Waals surface area contributed by atoms with Crippen molar-refractivity contribution in [3.05, 3.63) is 34.3 Å². The maximum absolute atomic E-state index is 11.8. The van der Waals surface area contributed by atoms with Gasteiger partial charge in [-0.25, -0.2) is 0 Å². The van der Waals surface area contributed by atoms with Crippen molar-refractivity contribution in [1.29, 1.82) is 0 Å². The molecule has 1 amide bonds. The van der Waals surface area contributed by atoms with E-state index in [-0.39, 0.29) is 5.91 Å². The molecule has 1 aromatic rings. The summed E-state index contributed by atoms with van der Waals surface area (Å²) in [5.41, 5.74) is 1.61. The predicted molar refractivity (Wildman–Crippen MR) is 70.8 cm³/mol. The van der Waals surface area contributed by atoms with Gasteiger partial charge in [0.1, 0.15) is 0 Å². The highest BCUT2D eigenvalue weighted by atomic mass is 35.5. The molecule has 0 aliphatic heterocycles. The van der Waals surface area contributed by atoms with Gasteiger partial charge < -0.3 is 10.2 Å². The van der Waals surface area contributed by atoms with E-state index >= 15 is 0 Å². The van der Waals surface area contributed by atoms with Crippen molar-refractivity contribution < 1.29 is 9.69 Å². The molecule has 0 bridgehead atoms. The second-order valence-electron chi connectivity index (χ2n) is 4.53. The van der Waals surface area contributed by atoms with Crippen LogP contribution in [0.5, 0.6) is 0 Å². The van der Waals surface area contributed by atoms with Crippen LogP contribution in [-0.4, -0.2) is 33.1 Å². The normalized spacial score (nSPS) is 10.6. The number of benzene rings is 1. The highest BCUT2D eigenvalue weighted by molar-refractivity contribution is 6.31. The Labute approximate surface area is 108 Å². The minimum Gasteiger partial charge on any atom is -0.352 e. The van der Waals surface area contributed by atoms with Crippen LogP contribution >= 0.6 is 11.6 Å². The Morgan fingerprint density at radius 2 is 2.12 bits per heavy atom. The van der Waals surface area contributed by atoms with Crippen LogP contribution in [0.4, 0.5) is 0 Å². The fraction of sp³-hybridized carbons (Fsp3) is 0.462. The van der Waals surface area contributed by atoms with Gasteiger partial charge in [-0.3, -0.25) is 4.79 Å². The predicted octanol–water partition coefficient (Wildman–Crippen LogP) is 0.913. The summed E-state index contributed by atoms with van der Waals surface area (Å²) < 4.78 is 0. The first-order chi connectivity index (χ1) is 8.00. The minimum atomic E-state index is -0.0549.